The number of halogens is 2. The molecule has 150 valence electrons. The second kappa shape index (κ2) is 8.67. The van der Waals surface area contributed by atoms with Crippen molar-refractivity contribution in [2.75, 3.05) is 13.7 Å². The van der Waals surface area contributed by atoms with E-state index >= 15 is 0 Å². The van der Waals surface area contributed by atoms with E-state index in [1.54, 1.807) is 0 Å². The van der Waals surface area contributed by atoms with E-state index in [1.807, 2.05) is 6.07 Å². The zero-order valence-electron chi connectivity index (χ0n) is 16.7. The number of hydrogen-bond donors (Lipinski definition) is 0. The van der Waals surface area contributed by atoms with E-state index < -0.39 is 25.7 Å². The van der Waals surface area contributed by atoms with Crippen LogP contribution in [0.25, 0.3) is 11.1 Å². The van der Waals surface area contributed by atoms with Gasteiger partial charge in [0, 0.05) is 32.0 Å². The summed E-state index contributed by atoms with van der Waals surface area (Å²) in [5.74, 6) is -2.09. The maximum absolute atomic E-state index is 14.6. The van der Waals surface area contributed by atoms with Gasteiger partial charge in [0.05, 0.1) is 12.7 Å². The van der Waals surface area contributed by atoms with Crippen LogP contribution in [0.15, 0.2) is 18.3 Å². The summed E-state index contributed by atoms with van der Waals surface area (Å²) in [6.45, 7) is 8.58. The van der Waals surface area contributed by atoms with Crippen molar-refractivity contribution >= 4 is 14.0 Å². The number of esters is 1. The Morgan fingerprint density at radius 1 is 1.21 bits per heavy atom. The summed E-state index contributed by atoms with van der Waals surface area (Å²) in [5.41, 5.74) is -0.101. The topological polar surface area (TPSA) is 64.2 Å². The lowest BCUT2D eigenvalue weighted by Gasteiger charge is -2.15. The van der Waals surface area contributed by atoms with Crippen LogP contribution >= 0.6 is 0 Å². The number of nitriles is 1. The van der Waals surface area contributed by atoms with Gasteiger partial charge in [0.2, 0.25) is 0 Å². The first-order valence-electron chi connectivity index (χ1n) is 8.85. The standard InChI is InChI=1S/C20H24F2N2O3Si/c1-13-15(21)6-7-16(22)18(13)19-14(20(25)26-2)11-24(17(19)10-23)12-27-8-9-28(3,4)5/h6-7,11H,8-9,12H2,1-5H3. The van der Waals surface area contributed by atoms with Crippen LogP contribution in [-0.2, 0) is 16.2 Å². The van der Waals surface area contributed by atoms with Crippen molar-refractivity contribution in [1.29, 1.82) is 5.26 Å². The first kappa shape index (κ1) is 21.8. The van der Waals surface area contributed by atoms with Crippen LogP contribution in [0, 0.1) is 29.9 Å². The molecule has 0 unspecified atom stereocenters. The van der Waals surface area contributed by atoms with Gasteiger partial charge in [-0.15, -0.1) is 0 Å². The van der Waals surface area contributed by atoms with Crippen molar-refractivity contribution in [3.8, 4) is 17.2 Å². The van der Waals surface area contributed by atoms with Crippen LogP contribution in [0.1, 0.15) is 21.6 Å². The molecule has 8 heteroatoms. The molecule has 5 nitrogen and oxygen atoms in total. The Balaban J connectivity index is 2.53. The van der Waals surface area contributed by atoms with Crippen molar-refractivity contribution in [2.45, 2.75) is 39.3 Å². The predicted molar refractivity (Wildman–Crippen MR) is 105 cm³/mol. The Bertz CT molecular complexity index is 927. The normalized spacial score (nSPS) is 11.4. The van der Waals surface area contributed by atoms with E-state index in [9.17, 15) is 18.8 Å². The Hall–Kier alpha value is -2.50. The lowest BCUT2D eigenvalue weighted by atomic mass is 9.96. The van der Waals surface area contributed by atoms with Crippen LogP contribution in [0.5, 0.6) is 0 Å². The van der Waals surface area contributed by atoms with Crippen molar-refractivity contribution in [3.63, 3.8) is 0 Å². The van der Waals surface area contributed by atoms with E-state index in [2.05, 4.69) is 19.6 Å². The fraction of sp³-hybridized carbons (Fsp3) is 0.400. The molecule has 0 amide bonds. The molecule has 1 aromatic heterocycles. The van der Waals surface area contributed by atoms with Gasteiger partial charge < -0.3 is 14.0 Å². The van der Waals surface area contributed by atoms with Gasteiger partial charge in [-0.25, -0.2) is 13.6 Å². The molecule has 0 atom stereocenters. The lowest BCUT2D eigenvalue weighted by molar-refractivity contribution is 0.0599. The van der Waals surface area contributed by atoms with Gasteiger partial charge in [0.15, 0.2) is 0 Å². The van der Waals surface area contributed by atoms with Gasteiger partial charge in [-0.05, 0) is 30.7 Å². The van der Waals surface area contributed by atoms with Crippen LogP contribution in [0.3, 0.4) is 0 Å². The number of nitrogens with zero attached hydrogens (tertiary/aromatic N) is 2. The molecule has 28 heavy (non-hydrogen) atoms. The Labute approximate surface area is 164 Å². The van der Waals surface area contributed by atoms with E-state index in [0.717, 1.165) is 18.2 Å². The van der Waals surface area contributed by atoms with Crippen molar-refractivity contribution in [1.82, 2.24) is 4.57 Å². The van der Waals surface area contributed by atoms with Crippen LogP contribution in [0.4, 0.5) is 8.78 Å². The molecule has 0 bridgehead atoms. The van der Waals surface area contributed by atoms with Gasteiger partial charge in [-0.1, -0.05) is 19.6 Å². The second-order valence-corrected chi connectivity index (χ2v) is 13.3. The average molecular weight is 407 g/mol. The molecule has 2 rings (SSSR count). The smallest absolute Gasteiger partial charge is 0.340 e. The Kier molecular flexibility index (Phi) is 6.75. The number of aromatic nitrogens is 1. The summed E-state index contributed by atoms with van der Waals surface area (Å²) in [6, 6.07) is 4.91. The summed E-state index contributed by atoms with van der Waals surface area (Å²) < 4.78 is 40.5. The lowest BCUT2D eigenvalue weighted by Crippen LogP contribution is -2.22. The van der Waals surface area contributed by atoms with Crippen LogP contribution in [0.2, 0.25) is 25.7 Å². The molecule has 0 radical (unpaired) electrons. The first-order valence-corrected chi connectivity index (χ1v) is 12.6. The molecular formula is C20H24F2N2O3Si. The number of ether oxygens (including phenoxy) is 2. The highest BCUT2D eigenvalue weighted by atomic mass is 28.3. The summed E-state index contributed by atoms with van der Waals surface area (Å²) in [4.78, 5) is 12.3. The summed E-state index contributed by atoms with van der Waals surface area (Å²) >= 11 is 0. The number of hydrogen-bond acceptors (Lipinski definition) is 4. The average Bonchev–Trinajstić information content (AvgIpc) is 2.99. The molecular weight excluding hydrogens is 382 g/mol. The third-order valence-corrected chi connectivity index (χ3v) is 6.12. The number of benzene rings is 1. The third kappa shape index (κ3) is 4.66. The van der Waals surface area contributed by atoms with E-state index in [0.29, 0.717) is 6.61 Å². The second-order valence-electron chi connectivity index (χ2n) is 7.72. The molecule has 0 saturated heterocycles. The highest BCUT2D eigenvalue weighted by Crippen LogP contribution is 2.35. The number of methoxy groups -OCH3 is 1. The minimum atomic E-state index is -1.29. The maximum Gasteiger partial charge on any atom is 0.340 e. The Morgan fingerprint density at radius 3 is 2.43 bits per heavy atom. The van der Waals surface area contributed by atoms with Crippen LogP contribution < -0.4 is 0 Å². The molecule has 0 fully saturated rings. The third-order valence-electron chi connectivity index (χ3n) is 4.41. The molecule has 0 aliphatic heterocycles. The fourth-order valence-electron chi connectivity index (χ4n) is 2.80. The first-order chi connectivity index (χ1) is 13.1. The molecule has 0 aliphatic rings. The minimum absolute atomic E-state index is 0.0117. The largest absolute Gasteiger partial charge is 0.465 e. The van der Waals surface area contributed by atoms with Gasteiger partial charge in [0.1, 0.15) is 30.1 Å². The maximum atomic E-state index is 14.6. The minimum Gasteiger partial charge on any atom is -0.465 e. The van der Waals surface area contributed by atoms with Gasteiger partial charge in [-0.3, -0.25) is 0 Å². The summed E-state index contributed by atoms with van der Waals surface area (Å²) in [5, 5.41) is 9.68. The summed E-state index contributed by atoms with van der Waals surface area (Å²) in [7, 11) is -0.0959. The molecule has 2 aromatic rings. The van der Waals surface area contributed by atoms with Gasteiger partial charge >= 0.3 is 5.97 Å². The molecule has 0 spiro atoms. The Morgan fingerprint density at radius 2 is 1.86 bits per heavy atom. The highest BCUT2D eigenvalue weighted by Gasteiger charge is 2.27. The molecule has 0 N–H and O–H groups in total. The quantitative estimate of drug-likeness (QED) is 0.379. The highest BCUT2D eigenvalue weighted by molar-refractivity contribution is 6.76. The van der Waals surface area contributed by atoms with Crippen molar-refractivity contribution in [2.24, 2.45) is 0 Å². The SMILES string of the molecule is COC(=O)c1cn(COCC[Si](C)(C)C)c(C#N)c1-c1c(F)ccc(F)c1C. The molecule has 0 aliphatic carbocycles. The number of carbonyl (C=O) groups excluding carboxylic acids is 1. The molecule has 1 aromatic carbocycles. The fourth-order valence-corrected chi connectivity index (χ4v) is 3.55. The number of carbonyl (C=O) groups is 1. The zero-order valence-corrected chi connectivity index (χ0v) is 17.7. The van der Waals surface area contributed by atoms with E-state index in [1.165, 1.54) is 24.8 Å². The molecule has 1 heterocycles. The van der Waals surface area contributed by atoms with Gasteiger partial charge in [-0.2, -0.15) is 5.26 Å². The zero-order chi connectivity index (χ0) is 21.1. The predicted octanol–water partition coefficient (Wildman–Crippen LogP) is 4.71. The summed E-state index contributed by atoms with van der Waals surface area (Å²) in [6.07, 6.45) is 1.39. The monoisotopic (exact) mass is 406 g/mol. The molecule has 0 saturated carbocycles. The van der Waals surface area contributed by atoms with Gasteiger partial charge in [0.25, 0.3) is 0 Å². The van der Waals surface area contributed by atoms with Crippen LogP contribution in [-0.4, -0.2) is 32.3 Å². The van der Waals surface area contributed by atoms with E-state index in [-0.39, 0.29) is 34.7 Å². The van der Waals surface area contributed by atoms with E-state index in [4.69, 9.17) is 9.47 Å². The van der Waals surface area contributed by atoms with Crippen molar-refractivity contribution < 1.29 is 23.0 Å². The number of rotatable bonds is 7. The van der Waals surface area contributed by atoms with Crippen molar-refractivity contribution in [3.05, 3.63) is 46.8 Å².